The second-order valence-corrected chi connectivity index (χ2v) is 5.54. The number of rotatable bonds is 4. The predicted molar refractivity (Wildman–Crippen MR) is 65.3 cm³/mol. The van der Waals surface area contributed by atoms with E-state index in [0.29, 0.717) is 5.56 Å². The Morgan fingerprint density at radius 2 is 1.80 bits per heavy atom. The van der Waals surface area contributed by atoms with Crippen LogP contribution in [0.25, 0.3) is 6.08 Å². The van der Waals surface area contributed by atoms with Gasteiger partial charge in [-0.05, 0) is 30.7 Å². The number of esters is 1. The molecule has 0 spiro atoms. The van der Waals surface area contributed by atoms with E-state index in [4.69, 9.17) is 0 Å². The summed E-state index contributed by atoms with van der Waals surface area (Å²) in [6.45, 7) is 1.83. The molecule has 110 valence electrons. The van der Waals surface area contributed by atoms with Gasteiger partial charge in [-0.3, -0.25) is 0 Å². The molecule has 0 aromatic heterocycles. The van der Waals surface area contributed by atoms with Crippen molar-refractivity contribution < 1.29 is 31.1 Å². The van der Waals surface area contributed by atoms with Gasteiger partial charge in [0.25, 0.3) is 9.84 Å². The first-order valence-corrected chi connectivity index (χ1v) is 6.93. The summed E-state index contributed by atoms with van der Waals surface area (Å²) in [5.41, 5.74) is -4.96. The molecule has 0 saturated carbocycles. The Kier molecular flexibility index (Phi) is 4.93. The zero-order valence-electron chi connectivity index (χ0n) is 10.3. The van der Waals surface area contributed by atoms with E-state index in [1.807, 2.05) is 0 Å². The van der Waals surface area contributed by atoms with E-state index >= 15 is 0 Å². The number of ether oxygens (including phenoxy) is 1. The molecule has 0 amide bonds. The summed E-state index contributed by atoms with van der Waals surface area (Å²) in [4.78, 5) is 10.2. The number of hydrogen-bond donors (Lipinski definition) is 0. The molecule has 8 heteroatoms. The fraction of sp³-hybridized carbons (Fsp3) is 0.250. The molecule has 0 N–H and O–H groups in total. The van der Waals surface area contributed by atoms with Gasteiger partial charge < -0.3 is 4.74 Å². The average Bonchev–Trinajstić information content (AvgIpc) is 2.36. The van der Waals surface area contributed by atoms with Gasteiger partial charge in [-0.25, -0.2) is 13.2 Å². The van der Waals surface area contributed by atoms with Crippen LogP contribution >= 0.6 is 0 Å². The molecule has 20 heavy (non-hydrogen) atoms. The number of carbonyl (C=O) groups is 1. The standard InChI is InChI=1S/C12H11F3O4S/c1-2-19-11(16)8-5-9-3-6-10(7-4-9)20(17,18)12(13,14)15/h3-8H,2H2,1H3/b8-5+. The summed E-state index contributed by atoms with van der Waals surface area (Å²) in [5.74, 6) is -0.598. The van der Waals surface area contributed by atoms with Crippen molar-refractivity contribution in [2.24, 2.45) is 0 Å². The SMILES string of the molecule is CCOC(=O)/C=C/c1ccc(S(=O)(=O)C(F)(F)F)cc1. The maximum absolute atomic E-state index is 12.3. The Morgan fingerprint density at radius 1 is 1.25 bits per heavy atom. The van der Waals surface area contributed by atoms with E-state index in [-0.39, 0.29) is 6.61 Å². The Labute approximate surface area is 113 Å². The first kappa shape index (κ1) is 16.2. The lowest BCUT2D eigenvalue weighted by molar-refractivity contribution is -0.137. The van der Waals surface area contributed by atoms with E-state index in [2.05, 4.69) is 4.74 Å². The van der Waals surface area contributed by atoms with E-state index in [1.54, 1.807) is 6.92 Å². The molecule has 0 heterocycles. The highest BCUT2D eigenvalue weighted by molar-refractivity contribution is 7.92. The van der Waals surface area contributed by atoms with Crippen LogP contribution in [-0.2, 0) is 19.4 Å². The van der Waals surface area contributed by atoms with Crippen molar-refractivity contribution in [2.45, 2.75) is 17.3 Å². The Bertz CT molecular complexity index is 601. The van der Waals surface area contributed by atoms with Crippen LogP contribution in [0.4, 0.5) is 13.2 Å². The Morgan fingerprint density at radius 3 is 2.25 bits per heavy atom. The number of halogens is 3. The third kappa shape index (κ3) is 3.83. The van der Waals surface area contributed by atoms with Gasteiger partial charge >= 0.3 is 11.5 Å². The molecule has 0 unspecified atom stereocenters. The summed E-state index contributed by atoms with van der Waals surface area (Å²) in [6, 6.07) is 3.98. The lowest BCUT2D eigenvalue weighted by Gasteiger charge is -2.07. The molecule has 0 bridgehead atoms. The minimum absolute atomic E-state index is 0.200. The molecule has 1 rings (SSSR count). The first-order chi connectivity index (χ1) is 9.18. The third-order valence-electron chi connectivity index (χ3n) is 2.19. The number of benzene rings is 1. The van der Waals surface area contributed by atoms with Crippen LogP contribution < -0.4 is 0 Å². The van der Waals surface area contributed by atoms with Crippen molar-refractivity contribution in [2.75, 3.05) is 6.61 Å². The quantitative estimate of drug-likeness (QED) is 0.633. The Hall–Kier alpha value is -1.83. The maximum Gasteiger partial charge on any atom is 0.501 e. The number of sulfone groups is 1. The normalized spacial score (nSPS) is 12.6. The molecule has 4 nitrogen and oxygen atoms in total. The highest BCUT2D eigenvalue weighted by atomic mass is 32.2. The van der Waals surface area contributed by atoms with Crippen LogP contribution in [-0.4, -0.2) is 26.5 Å². The second kappa shape index (κ2) is 6.08. The van der Waals surface area contributed by atoms with Gasteiger partial charge in [0.2, 0.25) is 0 Å². The van der Waals surface area contributed by atoms with Gasteiger partial charge in [0.1, 0.15) is 0 Å². The van der Waals surface area contributed by atoms with Gasteiger partial charge in [0.05, 0.1) is 11.5 Å². The first-order valence-electron chi connectivity index (χ1n) is 5.44. The fourth-order valence-electron chi connectivity index (χ4n) is 1.25. The largest absolute Gasteiger partial charge is 0.501 e. The van der Waals surface area contributed by atoms with Gasteiger partial charge in [-0.2, -0.15) is 13.2 Å². The summed E-state index contributed by atoms with van der Waals surface area (Å²) >= 11 is 0. The molecular formula is C12H11F3O4S. The van der Waals surface area contributed by atoms with Gasteiger partial charge in [-0.15, -0.1) is 0 Å². The van der Waals surface area contributed by atoms with Crippen molar-refractivity contribution in [1.29, 1.82) is 0 Å². The highest BCUT2D eigenvalue weighted by Crippen LogP contribution is 2.30. The molecule has 0 radical (unpaired) electrons. The summed E-state index contributed by atoms with van der Waals surface area (Å²) in [6.07, 6.45) is 2.40. The van der Waals surface area contributed by atoms with E-state index in [0.717, 1.165) is 30.3 Å². The van der Waals surface area contributed by atoms with Gasteiger partial charge in [-0.1, -0.05) is 12.1 Å². The average molecular weight is 308 g/mol. The van der Waals surface area contributed by atoms with Crippen molar-refractivity contribution in [3.8, 4) is 0 Å². The molecule has 0 aliphatic heterocycles. The van der Waals surface area contributed by atoms with E-state index < -0.39 is 26.2 Å². The van der Waals surface area contributed by atoms with Crippen molar-refractivity contribution >= 4 is 21.9 Å². The van der Waals surface area contributed by atoms with Crippen LogP contribution in [0.5, 0.6) is 0 Å². The monoisotopic (exact) mass is 308 g/mol. The number of hydrogen-bond acceptors (Lipinski definition) is 4. The van der Waals surface area contributed by atoms with Crippen molar-refractivity contribution in [1.82, 2.24) is 0 Å². The van der Waals surface area contributed by atoms with Crippen molar-refractivity contribution in [3.63, 3.8) is 0 Å². The number of alkyl halides is 3. The molecule has 1 aromatic rings. The molecule has 0 saturated heterocycles. The molecule has 1 aromatic carbocycles. The molecule has 0 fully saturated rings. The molecule has 0 aliphatic carbocycles. The molecule has 0 aliphatic rings. The lowest BCUT2D eigenvalue weighted by Crippen LogP contribution is -2.23. The zero-order chi connectivity index (χ0) is 15.4. The highest BCUT2D eigenvalue weighted by Gasteiger charge is 2.46. The minimum Gasteiger partial charge on any atom is -0.463 e. The van der Waals surface area contributed by atoms with Crippen molar-refractivity contribution in [3.05, 3.63) is 35.9 Å². The summed E-state index contributed by atoms with van der Waals surface area (Å²) in [5, 5.41) is 0. The topological polar surface area (TPSA) is 60.4 Å². The molecule has 0 atom stereocenters. The van der Waals surface area contributed by atoms with Gasteiger partial charge in [0.15, 0.2) is 0 Å². The summed E-state index contributed by atoms with van der Waals surface area (Å²) in [7, 11) is -5.35. The van der Waals surface area contributed by atoms with Crippen LogP contribution in [0.1, 0.15) is 12.5 Å². The minimum atomic E-state index is -5.35. The molecular weight excluding hydrogens is 297 g/mol. The Balaban J connectivity index is 2.93. The third-order valence-corrected chi connectivity index (χ3v) is 3.70. The fourth-order valence-corrected chi connectivity index (χ4v) is 2.01. The summed E-state index contributed by atoms with van der Waals surface area (Å²) < 4.78 is 63.7. The zero-order valence-corrected chi connectivity index (χ0v) is 11.2. The predicted octanol–water partition coefficient (Wildman–Crippen LogP) is 2.56. The van der Waals surface area contributed by atoms with Crippen LogP contribution in [0.2, 0.25) is 0 Å². The van der Waals surface area contributed by atoms with E-state index in [9.17, 15) is 26.4 Å². The van der Waals surface area contributed by atoms with Crippen LogP contribution in [0, 0.1) is 0 Å². The van der Waals surface area contributed by atoms with Gasteiger partial charge in [0, 0.05) is 6.08 Å². The van der Waals surface area contributed by atoms with Crippen LogP contribution in [0.15, 0.2) is 35.2 Å². The number of carbonyl (C=O) groups excluding carboxylic acids is 1. The maximum atomic E-state index is 12.3. The second-order valence-electron chi connectivity index (χ2n) is 3.60. The van der Waals surface area contributed by atoms with E-state index in [1.165, 1.54) is 6.08 Å². The van der Waals surface area contributed by atoms with Crippen LogP contribution in [0.3, 0.4) is 0 Å². The lowest BCUT2D eigenvalue weighted by atomic mass is 10.2. The smallest absolute Gasteiger partial charge is 0.463 e.